The molecule has 0 bridgehead atoms. The summed E-state index contributed by atoms with van der Waals surface area (Å²) in [4.78, 5) is 154. The summed E-state index contributed by atoms with van der Waals surface area (Å²) in [6.07, 6.45) is 41.8. The Bertz CT molecular complexity index is 2780. The van der Waals surface area contributed by atoms with Crippen LogP contribution < -0.4 is 0 Å². The third-order valence-corrected chi connectivity index (χ3v) is 21.2. The molecule has 7 rings (SSSR count). The van der Waals surface area contributed by atoms with E-state index in [4.69, 9.17) is 37.9 Å². The number of hydrogen-bond donors (Lipinski definition) is 0. The fraction of sp³-hybridized carbons (Fsp3) is 0.740. The predicted molar refractivity (Wildman–Crippen MR) is 356 cm³/mol. The fourth-order valence-corrected chi connectivity index (χ4v) is 16.0. The molecule has 0 radical (unpaired) electrons. The molecule has 20 heteroatoms. The monoisotopic (exact) mass is 1350 g/mol. The lowest BCUT2D eigenvalue weighted by Crippen LogP contribution is -2.40. The lowest BCUT2D eigenvalue weighted by atomic mass is 9.63. The molecule has 0 saturated carbocycles. The molecule has 15 unspecified atom stereocenters. The highest BCUT2D eigenvalue weighted by Gasteiger charge is 2.58. The molecule has 0 amide bonds. The minimum absolute atomic E-state index is 0.0245. The average Bonchev–Trinajstić information content (AvgIpc) is 0.998. The molecule has 538 valence electrons. The molecule has 0 aromatic heterocycles. The number of hydrogen-bond acceptors (Lipinski definition) is 20. The van der Waals surface area contributed by atoms with E-state index in [9.17, 15) is 57.5 Å². The van der Waals surface area contributed by atoms with Crippen LogP contribution in [0.5, 0.6) is 0 Å². The summed E-state index contributed by atoms with van der Waals surface area (Å²) in [6.45, 7) is 6.54. The zero-order valence-electron chi connectivity index (χ0n) is 58.0. The van der Waals surface area contributed by atoms with E-state index in [1.165, 1.54) is 25.7 Å². The van der Waals surface area contributed by atoms with Gasteiger partial charge in [0.05, 0.1) is 67.3 Å². The van der Waals surface area contributed by atoms with Crippen molar-refractivity contribution in [1.82, 2.24) is 0 Å². The number of fused-ring (bicyclic) bond motifs is 2. The number of allylic oxidation sites excluding steroid dienone is 8. The Morgan fingerprint density at radius 2 is 0.907 bits per heavy atom. The minimum Gasteiger partial charge on any atom is -0.462 e. The molecule has 20 nitrogen and oxygen atoms in total. The molecule has 5 saturated heterocycles. The number of carbonyl (C=O) groups excluding carboxylic acids is 12. The van der Waals surface area contributed by atoms with E-state index in [0.29, 0.717) is 51.6 Å². The summed E-state index contributed by atoms with van der Waals surface area (Å²) < 4.78 is 42.9. The van der Waals surface area contributed by atoms with Crippen LogP contribution >= 0.6 is 0 Å². The smallest absolute Gasteiger partial charge is 0.318 e. The second-order valence-electron chi connectivity index (χ2n) is 28.3. The molecular formula is C77H110O20. The first-order valence-electron chi connectivity index (χ1n) is 37.4. The molecule has 2 aliphatic carbocycles. The second-order valence-corrected chi connectivity index (χ2v) is 28.3. The molecular weight excluding hydrogens is 1240 g/mol. The quantitative estimate of drug-likeness (QED) is 0.0180. The Kier molecular flexibility index (Phi) is 33.6. The topological polar surface area (TPSA) is 279 Å². The Morgan fingerprint density at radius 1 is 0.443 bits per heavy atom. The van der Waals surface area contributed by atoms with Gasteiger partial charge in [-0.2, -0.15) is 0 Å². The van der Waals surface area contributed by atoms with Gasteiger partial charge in [-0.3, -0.25) is 57.5 Å². The first-order valence-corrected chi connectivity index (χ1v) is 37.4. The van der Waals surface area contributed by atoms with Gasteiger partial charge in [-0.05, 0) is 112 Å². The van der Waals surface area contributed by atoms with Gasteiger partial charge in [0, 0.05) is 19.4 Å². The number of carbonyl (C=O) groups is 12. The Hall–Kier alpha value is -6.44. The zero-order valence-corrected chi connectivity index (χ0v) is 58.0. The van der Waals surface area contributed by atoms with Crippen LogP contribution in [-0.2, 0) is 95.4 Å². The van der Waals surface area contributed by atoms with Crippen LogP contribution in [0.2, 0.25) is 0 Å². The predicted octanol–water partition coefficient (Wildman–Crippen LogP) is 13.9. The summed E-state index contributed by atoms with van der Waals surface area (Å²) in [5, 5.41) is 0. The molecule has 0 aromatic carbocycles. The zero-order chi connectivity index (χ0) is 69.5. The minimum atomic E-state index is -0.833. The van der Waals surface area contributed by atoms with Gasteiger partial charge in [0.1, 0.15) is 6.61 Å². The van der Waals surface area contributed by atoms with Crippen molar-refractivity contribution in [3.63, 3.8) is 0 Å². The van der Waals surface area contributed by atoms with Crippen molar-refractivity contribution in [3.05, 3.63) is 48.6 Å². The SMILES string of the molecule is CCC=CCC1C=CC(C(CCCCCCCCOCC(COC(=O)CCCCCCCC(C2CC(=O)OC2=O)C2C=CC(CCCCC)C3C(=O)OC(=O)C23)OC(=O)CCCCCCCC(C=CCCCCCCC)C2CC(=O)OC2=O)C2CC(=O)OC2=O)C2C(=O)OC(=O)C12. The van der Waals surface area contributed by atoms with Crippen LogP contribution in [0.1, 0.15) is 252 Å². The maximum atomic E-state index is 13.3. The van der Waals surface area contributed by atoms with E-state index in [-0.39, 0.29) is 69.0 Å². The van der Waals surface area contributed by atoms with Crippen molar-refractivity contribution in [2.75, 3.05) is 19.8 Å². The van der Waals surface area contributed by atoms with Gasteiger partial charge in [-0.25, -0.2) is 0 Å². The summed E-state index contributed by atoms with van der Waals surface area (Å²) in [5.41, 5.74) is 0. The molecule has 15 atom stereocenters. The molecule has 97 heavy (non-hydrogen) atoms. The van der Waals surface area contributed by atoms with Gasteiger partial charge < -0.3 is 37.9 Å². The van der Waals surface area contributed by atoms with Crippen molar-refractivity contribution >= 4 is 71.6 Å². The lowest BCUT2D eigenvalue weighted by Gasteiger charge is -2.37. The Labute approximate surface area is 574 Å². The maximum absolute atomic E-state index is 13.3. The molecule has 5 aliphatic heterocycles. The Morgan fingerprint density at radius 3 is 1.45 bits per heavy atom. The summed E-state index contributed by atoms with van der Waals surface area (Å²) in [6, 6.07) is 0. The standard InChI is InChI=1S/C77H110O20/c1-4-7-10-11-12-17-26-33-51(59-46-64(80)93-71(59)83)34-27-18-15-22-31-40-63(79)92-54(49-90-45-32-23-14-13-19-28-37-55(60-47-65(81)94-72(60)84)57-43-41-52(35-24-8-5-2)67-69(57)76(88)96-74(67)86)50-91-62(78)39-30-21-16-20-29-38-56(61-48-66(82)95-73(61)85)58-44-42-53(36-25-9-6-3)68-70(58)77(89)97-75(68)87/h8,24,26,33,41-44,51-61,67-70H,4-7,9-23,25,27-32,34-40,45-50H2,1-3H3. The van der Waals surface area contributed by atoms with Crippen LogP contribution in [0.4, 0.5) is 0 Å². The van der Waals surface area contributed by atoms with Crippen molar-refractivity contribution in [2.24, 2.45) is 82.9 Å². The van der Waals surface area contributed by atoms with Crippen molar-refractivity contribution in [3.8, 4) is 0 Å². The van der Waals surface area contributed by atoms with Crippen LogP contribution in [0, 0.1) is 82.9 Å². The normalized spacial score (nSPS) is 26.5. The molecule has 0 N–H and O–H groups in total. The van der Waals surface area contributed by atoms with Crippen molar-refractivity contribution in [1.29, 1.82) is 0 Å². The van der Waals surface area contributed by atoms with E-state index in [2.05, 4.69) is 26.0 Å². The number of cyclic esters (lactones) is 10. The maximum Gasteiger partial charge on any atom is 0.318 e. The van der Waals surface area contributed by atoms with Crippen LogP contribution in [-0.4, -0.2) is 97.6 Å². The van der Waals surface area contributed by atoms with E-state index >= 15 is 0 Å². The van der Waals surface area contributed by atoms with E-state index < -0.39 is 137 Å². The second kappa shape index (κ2) is 41.8. The van der Waals surface area contributed by atoms with Gasteiger partial charge >= 0.3 is 71.6 Å². The van der Waals surface area contributed by atoms with Gasteiger partial charge in [0.15, 0.2) is 6.10 Å². The number of unbranched alkanes of at least 4 members (excludes halogenated alkanes) is 20. The van der Waals surface area contributed by atoms with Crippen LogP contribution in [0.25, 0.3) is 0 Å². The first kappa shape index (κ1) is 77.9. The Balaban J connectivity index is 0.846. The molecule has 0 aromatic rings. The highest BCUT2D eigenvalue weighted by molar-refractivity contribution is 5.99. The third-order valence-electron chi connectivity index (χ3n) is 21.2. The van der Waals surface area contributed by atoms with Gasteiger partial charge in [0.25, 0.3) is 0 Å². The molecule has 5 fully saturated rings. The molecule has 5 heterocycles. The number of ether oxygens (including phenoxy) is 8. The summed E-state index contributed by atoms with van der Waals surface area (Å²) >= 11 is 0. The average molecular weight is 1360 g/mol. The van der Waals surface area contributed by atoms with E-state index in [1.807, 2.05) is 43.4 Å². The third kappa shape index (κ3) is 24.2. The van der Waals surface area contributed by atoms with Gasteiger partial charge in [-0.1, -0.05) is 198 Å². The van der Waals surface area contributed by atoms with Gasteiger partial charge in [-0.15, -0.1) is 0 Å². The fourth-order valence-electron chi connectivity index (χ4n) is 16.0. The van der Waals surface area contributed by atoms with Crippen LogP contribution in [0.3, 0.4) is 0 Å². The molecule has 0 spiro atoms. The largest absolute Gasteiger partial charge is 0.462 e. The van der Waals surface area contributed by atoms with E-state index in [0.717, 1.165) is 128 Å². The number of esters is 12. The molecule has 7 aliphatic rings. The summed E-state index contributed by atoms with van der Waals surface area (Å²) in [7, 11) is 0. The van der Waals surface area contributed by atoms with Crippen LogP contribution in [0.15, 0.2) is 48.6 Å². The van der Waals surface area contributed by atoms with Crippen molar-refractivity contribution in [2.45, 2.75) is 258 Å². The summed E-state index contributed by atoms with van der Waals surface area (Å²) in [5.74, 6) is -13.1. The number of rotatable bonds is 49. The van der Waals surface area contributed by atoms with Crippen molar-refractivity contribution < 1.29 is 95.4 Å². The lowest BCUT2D eigenvalue weighted by molar-refractivity contribution is -0.163. The van der Waals surface area contributed by atoms with E-state index in [1.54, 1.807) is 0 Å². The highest BCUT2D eigenvalue weighted by atomic mass is 16.6. The first-order chi connectivity index (χ1) is 47.0. The highest BCUT2D eigenvalue weighted by Crippen LogP contribution is 2.51. The van der Waals surface area contributed by atoms with Gasteiger partial charge in [0.2, 0.25) is 0 Å².